The van der Waals surface area contributed by atoms with Gasteiger partial charge in [-0.1, -0.05) is 73.3 Å². The summed E-state index contributed by atoms with van der Waals surface area (Å²) < 4.78 is -0.586. The summed E-state index contributed by atoms with van der Waals surface area (Å²) >= 11 is 9.68. The first-order valence-corrected chi connectivity index (χ1v) is 5.77. The van der Waals surface area contributed by atoms with E-state index in [1.807, 2.05) is 6.08 Å². The van der Waals surface area contributed by atoms with E-state index in [2.05, 4.69) is 54.7 Å². The van der Waals surface area contributed by atoms with Gasteiger partial charge in [-0.15, -0.1) is 0 Å². The molecule has 0 bridgehead atoms. The molecule has 0 aliphatic carbocycles. The molecule has 0 amide bonds. The average Bonchev–Trinajstić information content (AvgIpc) is 1.86. The smallest absolute Gasteiger partial charge is 0.164 e. The Balaban J connectivity index is 3.77. The molecule has 1 unspecified atom stereocenters. The first kappa shape index (κ1) is 12.1. The van der Waals surface area contributed by atoms with Gasteiger partial charge in [0, 0.05) is 0 Å². The van der Waals surface area contributed by atoms with E-state index in [4.69, 9.17) is 0 Å². The van der Waals surface area contributed by atoms with E-state index in [1.165, 1.54) is 0 Å². The fourth-order valence-corrected chi connectivity index (χ4v) is 0.959. The van der Waals surface area contributed by atoms with Crippen LogP contribution in [0.15, 0.2) is 12.2 Å². The summed E-state index contributed by atoms with van der Waals surface area (Å²) in [5.41, 5.74) is 0. The number of unbranched alkanes of at least 4 members (excludes halogenated alkanes) is 1. The normalized spacial score (nSPS) is 15.7. The van der Waals surface area contributed by atoms with Gasteiger partial charge in [-0.25, -0.2) is 0 Å². The maximum Gasteiger partial charge on any atom is 0.164 e. The predicted octanol–water partition coefficient (Wildman–Crippen LogP) is 3.54. The summed E-state index contributed by atoms with van der Waals surface area (Å²) in [4.78, 5) is 0. The van der Waals surface area contributed by atoms with E-state index in [0.29, 0.717) is 0 Å². The van der Waals surface area contributed by atoms with Gasteiger partial charge in [0.05, 0.1) is 0 Å². The van der Waals surface area contributed by atoms with Crippen LogP contribution in [0.4, 0.5) is 0 Å². The number of aliphatic hydroxyl groups is 1. The molecule has 0 aromatic carbocycles. The highest BCUT2D eigenvalue weighted by Gasteiger charge is 2.25. The quantitative estimate of drug-likeness (QED) is 0.609. The number of hydrogen-bond donors (Lipinski definition) is 1. The van der Waals surface area contributed by atoms with Crippen LogP contribution in [0.25, 0.3) is 0 Å². The Morgan fingerprint density at radius 3 is 2.36 bits per heavy atom. The van der Waals surface area contributed by atoms with Crippen molar-refractivity contribution >= 4 is 47.8 Å². The summed E-state index contributed by atoms with van der Waals surface area (Å²) in [7, 11) is 0. The molecule has 1 nitrogen and oxygen atoms in total. The number of alkyl halides is 3. The van der Waals surface area contributed by atoms with Crippen molar-refractivity contribution in [1.29, 1.82) is 0 Å². The Labute approximate surface area is 92.6 Å². The highest BCUT2D eigenvalue weighted by Crippen LogP contribution is 2.37. The lowest BCUT2D eigenvalue weighted by Crippen LogP contribution is -2.20. The van der Waals surface area contributed by atoms with E-state index in [0.717, 1.165) is 12.8 Å². The molecule has 0 radical (unpaired) electrons. The molecule has 1 atom stereocenters. The molecule has 4 heteroatoms. The van der Waals surface area contributed by atoms with Gasteiger partial charge >= 0.3 is 0 Å². The summed E-state index contributed by atoms with van der Waals surface area (Å²) in [6.07, 6.45) is 5.25. The van der Waals surface area contributed by atoms with Crippen LogP contribution >= 0.6 is 47.8 Å². The lowest BCUT2D eigenvalue weighted by atomic mass is 10.3. The van der Waals surface area contributed by atoms with E-state index in [-0.39, 0.29) is 0 Å². The molecule has 0 aliphatic heterocycles. The number of halogens is 3. The molecule has 0 fully saturated rings. The third-order valence-corrected chi connectivity index (χ3v) is 2.52. The van der Waals surface area contributed by atoms with E-state index < -0.39 is 8.25 Å². The van der Waals surface area contributed by atoms with Crippen molar-refractivity contribution in [1.82, 2.24) is 0 Å². The van der Waals surface area contributed by atoms with Gasteiger partial charge in [-0.05, 0) is 6.42 Å². The monoisotopic (exact) mass is 348 g/mol. The fourth-order valence-electron chi connectivity index (χ4n) is 0.501. The molecular weight excluding hydrogens is 340 g/mol. The summed E-state index contributed by atoms with van der Waals surface area (Å²) in [5.74, 6) is 0. The molecule has 66 valence electrons. The zero-order valence-corrected chi connectivity index (χ0v) is 11.0. The molecular formula is C7H11Br3O. The molecule has 0 spiro atoms. The largest absolute Gasteiger partial charge is 0.386 e. The van der Waals surface area contributed by atoms with Gasteiger partial charge in [0.25, 0.3) is 0 Å². The zero-order chi connectivity index (χ0) is 8.91. The SMILES string of the molecule is CCCC=CC(O)C(Br)(Br)Br. The number of allylic oxidation sites excluding steroid dienone is 1. The van der Waals surface area contributed by atoms with Crippen LogP contribution in [-0.2, 0) is 0 Å². The van der Waals surface area contributed by atoms with Gasteiger partial charge in [0.1, 0.15) is 6.10 Å². The van der Waals surface area contributed by atoms with Gasteiger partial charge in [-0.2, -0.15) is 0 Å². The third kappa shape index (κ3) is 6.31. The molecule has 0 saturated heterocycles. The number of aliphatic hydroxyl groups excluding tert-OH is 1. The van der Waals surface area contributed by atoms with Crippen molar-refractivity contribution < 1.29 is 5.11 Å². The lowest BCUT2D eigenvalue weighted by molar-refractivity contribution is 0.238. The van der Waals surface area contributed by atoms with Crippen LogP contribution in [0.2, 0.25) is 0 Å². The van der Waals surface area contributed by atoms with E-state index >= 15 is 0 Å². The molecule has 0 aliphatic rings. The molecule has 11 heavy (non-hydrogen) atoms. The predicted molar refractivity (Wildman–Crippen MR) is 59.6 cm³/mol. The third-order valence-electron chi connectivity index (χ3n) is 1.11. The Kier molecular flexibility index (Phi) is 6.32. The van der Waals surface area contributed by atoms with E-state index in [9.17, 15) is 5.11 Å². The van der Waals surface area contributed by atoms with Crippen molar-refractivity contribution in [2.45, 2.75) is 28.0 Å². The molecule has 0 rings (SSSR count). The zero-order valence-electron chi connectivity index (χ0n) is 6.23. The Morgan fingerprint density at radius 2 is 2.00 bits per heavy atom. The second-order valence-corrected chi connectivity index (χ2v) is 9.15. The maximum atomic E-state index is 9.38. The molecule has 0 heterocycles. The number of rotatable bonds is 3. The van der Waals surface area contributed by atoms with Crippen molar-refractivity contribution in [3.8, 4) is 0 Å². The van der Waals surface area contributed by atoms with Crippen molar-refractivity contribution in [3.05, 3.63) is 12.2 Å². The van der Waals surface area contributed by atoms with Gasteiger partial charge in [0.15, 0.2) is 2.14 Å². The average molecular weight is 351 g/mol. The maximum absolute atomic E-state index is 9.38. The second kappa shape index (κ2) is 5.73. The first-order valence-electron chi connectivity index (χ1n) is 3.40. The van der Waals surface area contributed by atoms with Crippen LogP contribution in [0.5, 0.6) is 0 Å². The number of hydrogen-bond acceptors (Lipinski definition) is 1. The standard InChI is InChI=1S/C7H11Br3O/c1-2-3-4-5-6(11)7(8,9)10/h4-6,11H,2-3H2,1H3. The van der Waals surface area contributed by atoms with Gasteiger partial charge in [-0.3, -0.25) is 0 Å². The minimum Gasteiger partial charge on any atom is -0.386 e. The molecule has 0 aromatic rings. The topological polar surface area (TPSA) is 20.2 Å². The van der Waals surface area contributed by atoms with Crippen LogP contribution in [0, 0.1) is 0 Å². The highest BCUT2D eigenvalue weighted by atomic mass is 80.0. The van der Waals surface area contributed by atoms with Crippen molar-refractivity contribution in [3.63, 3.8) is 0 Å². The van der Waals surface area contributed by atoms with Crippen LogP contribution in [0.1, 0.15) is 19.8 Å². The Bertz CT molecular complexity index is 128. The summed E-state index contributed by atoms with van der Waals surface area (Å²) in [6, 6.07) is 0. The van der Waals surface area contributed by atoms with Crippen LogP contribution in [0.3, 0.4) is 0 Å². The molecule has 0 saturated carbocycles. The summed E-state index contributed by atoms with van der Waals surface area (Å²) in [5, 5.41) is 9.38. The minimum absolute atomic E-state index is 0.561. The van der Waals surface area contributed by atoms with Crippen LogP contribution in [-0.4, -0.2) is 13.4 Å². The Morgan fingerprint density at radius 1 is 1.45 bits per heavy atom. The molecule has 1 N–H and O–H groups in total. The van der Waals surface area contributed by atoms with Gasteiger partial charge < -0.3 is 5.11 Å². The summed E-state index contributed by atoms with van der Waals surface area (Å²) in [6.45, 7) is 2.10. The van der Waals surface area contributed by atoms with Crippen LogP contribution < -0.4 is 0 Å². The van der Waals surface area contributed by atoms with E-state index in [1.54, 1.807) is 6.08 Å². The molecule has 0 aromatic heterocycles. The second-order valence-electron chi connectivity index (χ2n) is 2.20. The van der Waals surface area contributed by atoms with Gasteiger partial charge in [0.2, 0.25) is 0 Å². The fraction of sp³-hybridized carbons (Fsp3) is 0.714. The van der Waals surface area contributed by atoms with Crippen molar-refractivity contribution in [2.24, 2.45) is 0 Å². The Hall–Kier alpha value is 1.14. The minimum atomic E-state index is -0.586. The lowest BCUT2D eigenvalue weighted by Gasteiger charge is -2.15. The highest BCUT2D eigenvalue weighted by molar-refractivity contribution is 9.39. The van der Waals surface area contributed by atoms with Crippen molar-refractivity contribution in [2.75, 3.05) is 0 Å². The first-order chi connectivity index (χ1) is 4.98.